The first-order valence-electron chi connectivity index (χ1n) is 9.65. The van der Waals surface area contributed by atoms with Crippen molar-refractivity contribution in [3.05, 3.63) is 70.2 Å². The number of hydrogen-bond acceptors (Lipinski definition) is 4. The standard InChI is InChI=1S/C20H26N6O/c1-2-26-19(22-23-20(26)27)18-8-12-24(13-9-18)14-16-4-6-17(7-5-16)15-25-11-3-10-21-25/h3-7,10-11,18H,2,8-9,12-15H2,1H3,(H,23,27). The molecule has 1 aliphatic rings. The summed E-state index contributed by atoms with van der Waals surface area (Å²) in [4.78, 5) is 14.3. The molecule has 142 valence electrons. The molecule has 1 saturated heterocycles. The molecular weight excluding hydrogens is 340 g/mol. The van der Waals surface area contributed by atoms with Gasteiger partial charge in [0.2, 0.25) is 0 Å². The van der Waals surface area contributed by atoms with Gasteiger partial charge < -0.3 is 0 Å². The number of aromatic nitrogens is 5. The molecular formula is C20H26N6O. The normalized spacial score (nSPS) is 16.0. The summed E-state index contributed by atoms with van der Waals surface area (Å²) in [5.74, 6) is 1.29. The molecule has 1 fully saturated rings. The third-order valence-electron chi connectivity index (χ3n) is 5.39. The van der Waals surface area contributed by atoms with Crippen molar-refractivity contribution in [2.24, 2.45) is 0 Å². The molecule has 7 heteroatoms. The highest BCUT2D eigenvalue weighted by molar-refractivity contribution is 5.22. The lowest BCUT2D eigenvalue weighted by Gasteiger charge is -2.31. The van der Waals surface area contributed by atoms with E-state index >= 15 is 0 Å². The van der Waals surface area contributed by atoms with Gasteiger partial charge in [0, 0.05) is 31.4 Å². The minimum Gasteiger partial charge on any atom is -0.299 e. The first-order chi connectivity index (χ1) is 13.2. The predicted molar refractivity (Wildman–Crippen MR) is 104 cm³/mol. The summed E-state index contributed by atoms with van der Waals surface area (Å²) < 4.78 is 3.70. The Morgan fingerprint density at radius 1 is 1.11 bits per heavy atom. The third-order valence-corrected chi connectivity index (χ3v) is 5.39. The van der Waals surface area contributed by atoms with Crippen LogP contribution in [0.2, 0.25) is 0 Å². The van der Waals surface area contributed by atoms with Crippen molar-refractivity contribution >= 4 is 0 Å². The molecule has 4 rings (SSSR count). The van der Waals surface area contributed by atoms with Crippen molar-refractivity contribution in [2.75, 3.05) is 13.1 Å². The lowest BCUT2D eigenvalue weighted by molar-refractivity contribution is 0.200. The molecule has 1 aromatic carbocycles. The summed E-state index contributed by atoms with van der Waals surface area (Å²) in [5, 5.41) is 11.1. The van der Waals surface area contributed by atoms with Gasteiger partial charge in [-0.1, -0.05) is 24.3 Å². The van der Waals surface area contributed by atoms with Gasteiger partial charge in [-0.3, -0.25) is 14.1 Å². The lowest BCUT2D eigenvalue weighted by Crippen LogP contribution is -2.33. The third kappa shape index (κ3) is 4.03. The van der Waals surface area contributed by atoms with Crippen LogP contribution in [0.25, 0.3) is 0 Å². The number of nitrogens with zero attached hydrogens (tertiary/aromatic N) is 5. The van der Waals surface area contributed by atoms with E-state index in [0.29, 0.717) is 12.5 Å². The Hall–Kier alpha value is -2.67. The SMILES string of the molecule is CCn1c(C2CCN(Cc3ccc(Cn4cccn4)cc3)CC2)n[nH]c1=O. The van der Waals surface area contributed by atoms with Gasteiger partial charge in [0.05, 0.1) is 6.54 Å². The lowest BCUT2D eigenvalue weighted by atomic mass is 9.95. The summed E-state index contributed by atoms with van der Waals surface area (Å²) in [6, 6.07) is 10.8. The molecule has 3 heterocycles. The maximum atomic E-state index is 11.8. The summed E-state index contributed by atoms with van der Waals surface area (Å²) in [5.41, 5.74) is 2.50. The second-order valence-corrected chi connectivity index (χ2v) is 7.20. The molecule has 0 spiro atoms. The van der Waals surface area contributed by atoms with Crippen LogP contribution in [0.4, 0.5) is 0 Å². The predicted octanol–water partition coefficient (Wildman–Crippen LogP) is 2.22. The molecule has 2 aromatic heterocycles. The summed E-state index contributed by atoms with van der Waals surface area (Å²) in [6.45, 7) is 6.51. The summed E-state index contributed by atoms with van der Waals surface area (Å²) in [6.07, 6.45) is 5.87. The van der Waals surface area contributed by atoms with Crippen molar-refractivity contribution in [3.8, 4) is 0 Å². The van der Waals surface area contributed by atoms with Gasteiger partial charge in [0.25, 0.3) is 0 Å². The van der Waals surface area contributed by atoms with Gasteiger partial charge in [-0.15, -0.1) is 0 Å². The van der Waals surface area contributed by atoms with Crippen molar-refractivity contribution in [1.82, 2.24) is 29.4 Å². The molecule has 0 saturated carbocycles. The van der Waals surface area contributed by atoms with Crippen LogP contribution in [0.5, 0.6) is 0 Å². The number of benzene rings is 1. The molecule has 7 nitrogen and oxygen atoms in total. The van der Waals surface area contributed by atoms with E-state index in [2.05, 4.69) is 44.5 Å². The average molecular weight is 366 g/mol. The smallest absolute Gasteiger partial charge is 0.299 e. The highest BCUT2D eigenvalue weighted by atomic mass is 16.1. The molecule has 0 unspecified atom stereocenters. The monoisotopic (exact) mass is 366 g/mol. The number of likely N-dealkylation sites (tertiary alicyclic amines) is 1. The van der Waals surface area contributed by atoms with Crippen LogP contribution in [-0.4, -0.2) is 42.5 Å². The highest BCUT2D eigenvalue weighted by Gasteiger charge is 2.25. The zero-order valence-electron chi connectivity index (χ0n) is 15.7. The second-order valence-electron chi connectivity index (χ2n) is 7.20. The van der Waals surface area contributed by atoms with E-state index in [1.807, 2.05) is 23.9 Å². The van der Waals surface area contributed by atoms with Crippen LogP contribution in [0, 0.1) is 0 Å². The summed E-state index contributed by atoms with van der Waals surface area (Å²) in [7, 11) is 0. The van der Waals surface area contributed by atoms with Crippen molar-refractivity contribution in [1.29, 1.82) is 0 Å². The number of H-pyrrole nitrogens is 1. The van der Waals surface area contributed by atoms with Gasteiger partial charge in [0.1, 0.15) is 5.82 Å². The van der Waals surface area contributed by atoms with Crippen molar-refractivity contribution in [2.45, 2.75) is 45.3 Å². The first kappa shape index (κ1) is 17.7. The van der Waals surface area contributed by atoms with Gasteiger partial charge in [-0.2, -0.15) is 10.2 Å². The summed E-state index contributed by atoms with van der Waals surface area (Å²) >= 11 is 0. The molecule has 27 heavy (non-hydrogen) atoms. The largest absolute Gasteiger partial charge is 0.343 e. The Kier molecular flexibility index (Phi) is 5.20. The van der Waals surface area contributed by atoms with Crippen LogP contribution < -0.4 is 5.69 Å². The van der Waals surface area contributed by atoms with E-state index in [4.69, 9.17) is 0 Å². The molecule has 0 aliphatic carbocycles. The van der Waals surface area contributed by atoms with E-state index in [-0.39, 0.29) is 5.69 Å². The van der Waals surface area contributed by atoms with E-state index in [9.17, 15) is 4.79 Å². The molecule has 3 aromatic rings. The van der Waals surface area contributed by atoms with Gasteiger partial charge in [-0.25, -0.2) is 9.89 Å². The van der Waals surface area contributed by atoms with Crippen LogP contribution in [0.15, 0.2) is 47.5 Å². The van der Waals surface area contributed by atoms with Crippen molar-refractivity contribution in [3.63, 3.8) is 0 Å². The quantitative estimate of drug-likeness (QED) is 0.726. The Bertz CT molecular complexity index is 901. The molecule has 0 bridgehead atoms. The van der Waals surface area contributed by atoms with E-state index in [0.717, 1.165) is 44.8 Å². The number of rotatable bonds is 6. The van der Waals surface area contributed by atoms with E-state index in [1.165, 1.54) is 11.1 Å². The van der Waals surface area contributed by atoms with Crippen molar-refractivity contribution < 1.29 is 0 Å². The number of hydrogen-bond donors (Lipinski definition) is 1. The number of piperidine rings is 1. The molecule has 0 amide bonds. The average Bonchev–Trinajstić information content (AvgIpc) is 3.33. The van der Waals surface area contributed by atoms with Crippen LogP contribution in [0.1, 0.15) is 42.6 Å². The van der Waals surface area contributed by atoms with Crippen LogP contribution in [-0.2, 0) is 19.6 Å². The highest BCUT2D eigenvalue weighted by Crippen LogP contribution is 2.26. The van der Waals surface area contributed by atoms with Gasteiger partial charge in [0.15, 0.2) is 0 Å². The Balaban J connectivity index is 1.32. The minimum atomic E-state index is -0.0925. The Labute approximate surface area is 158 Å². The second kappa shape index (κ2) is 7.92. The van der Waals surface area contributed by atoms with E-state index in [1.54, 1.807) is 10.8 Å². The topological polar surface area (TPSA) is 71.7 Å². The fourth-order valence-electron chi connectivity index (χ4n) is 3.89. The molecule has 1 aliphatic heterocycles. The zero-order valence-corrected chi connectivity index (χ0v) is 15.7. The van der Waals surface area contributed by atoms with Gasteiger partial charge in [-0.05, 0) is 50.0 Å². The van der Waals surface area contributed by atoms with Gasteiger partial charge >= 0.3 is 5.69 Å². The zero-order chi connectivity index (χ0) is 18.6. The van der Waals surface area contributed by atoms with Crippen LogP contribution >= 0.6 is 0 Å². The maximum Gasteiger partial charge on any atom is 0.343 e. The Morgan fingerprint density at radius 2 is 1.81 bits per heavy atom. The van der Waals surface area contributed by atoms with Crippen LogP contribution in [0.3, 0.4) is 0 Å². The molecule has 1 N–H and O–H groups in total. The molecule has 0 radical (unpaired) electrons. The Morgan fingerprint density at radius 3 is 2.44 bits per heavy atom. The van der Waals surface area contributed by atoms with E-state index < -0.39 is 0 Å². The number of aromatic amines is 1. The first-order valence-corrected chi connectivity index (χ1v) is 9.65. The number of nitrogens with one attached hydrogen (secondary N) is 1. The molecule has 0 atom stereocenters. The fraction of sp³-hybridized carbons (Fsp3) is 0.450. The fourth-order valence-corrected chi connectivity index (χ4v) is 3.89. The minimum absolute atomic E-state index is 0.0925. The maximum absolute atomic E-state index is 11.8.